The third-order valence-electron chi connectivity index (χ3n) is 5.73. The molecule has 0 spiro atoms. The van der Waals surface area contributed by atoms with Gasteiger partial charge in [-0.1, -0.05) is 17.7 Å². The van der Waals surface area contributed by atoms with Crippen molar-refractivity contribution in [1.82, 2.24) is 9.29 Å². The minimum absolute atomic E-state index is 0.137. The largest absolute Gasteiger partial charge is 0.444 e. The van der Waals surface area contributed by atoms with Gasteiger partial charge in [-0.2, -0.15) is 4.31 Å². The Balaban J connectivity index is 1.32. The number of carbonyl (C=O) groups is 1. The van der Waals surface area contributed by atoms with E-state index in [0.29, 0.717) is 35.2 Å². The van der Waals surface area contributed by atoms with Crippen LogP contribution >= 0.6 is 22.9 Å². The zero-order chi connectivity index (χ0) is 22.3. The van der Waals surface area contributed by atoms with Gasteiger partial charge in [-0.15, -0.1) is 11.3 Å². The fourth-order valence-electron chi connectivity index (χ4n) is 4.13. The summed E-state index contributed by atoms with van der Waals surface area (Å²) < 4.78 is 33.5. The summed E-state index contributed by atoms with van der Waals surface area (Å²) >= 11 is 7.30. The third-order valence-corrected chi connectivity index (χ3v) is 9.44. The highest BCUT2D eigenvalue weighted by molar-refractivity contribution is 7.91. The molecular formula is C22H20ClN3O4S2. The molecular weight excluding hydrogens is 470 g/mol. The molecule has 2 aliphatic heterocycles. The van der Waals surface area contributed by atoms with E-state index in [4.69, 9.17) is 16.3 Å². The molecule has 7 nitrogen and oxygen atoms in total. The number of aromatic nitrogens is 1. The van der Waals surface area contributed by atoms with E-state index in [-0.39, 0.29) is 12.6 Å². The van der Waals surface area contributed by atoms with Gasteiger partial charge >= 0.3 is 6.09 Å². The molecule has 10 heteroatoms. The Labute approximate surface area is 195 Å². The van der Waals surface area contributed by atoms with E-state index >= 15 is 0 Å². The van der Waals surface area contributed by atoms with Crippen LogP contribution in [-0.2, 0) is 21.4 Å². The molecule has 1 saturated heterocycles. The third kappa shape index (κ3) is 3.90. The number of amides is 1. The normalized spacial score (nSPS) is 17.8. The topological polar surface area (TPSA) is 79.8 Å². The number of pyridine rings is 1. The van der Waals surface area contributed by atoms with Crippen LogP contribution in [0, 0.1) is 0 Å². The van der Waals surface area contributed by atoms with Crippen molar-refractivity contribution in [2.45, 2.75) is 29.7 Å². The molecule has 5 rings (SSSR count). The first-order chi connectivity index (χ1) is 15.4. The number of piperidine rings is 1. The molecule has 1 aromatic carbocycles. The first-order valence-corrected chi connectivity index (χ1v) is 12.8. The Morgan fingerprint density at radius 2 is 1.91 bits per heavy atom. The maximum absolute atomic E-state index is 13.2. The lowest BCUT2D eigenvalue weighted by atomic mass is 10.0. The van der Waals surface area contributed by atoms with Crippen molar-refractivity contribution < 1.29 is 17.9 Å². The van der Waals surface area contributed by atoms with Crippen molar-refractivity contribution >= 4 is 44.7 Å². The average molecular weight is 490 g/mol. The van der Waals surface area contributed by atoms with Crippen LogP contribution in [0.4, 0.5) is 10.5 Å². The summed E-state index contributed by atoms with van der Waals surface area (Å²) in [5, 5.41) is 0.587. The van der Waals surface area contributed by atoms with Crippen molar-refractivity contribution in [3.05, 3.63) is 65.3 Å². The highest BCUT2D eigenvalue weighted by Gasteiger charge is 2.37. The van der Waals surface area contributed by atoms with E-state index in [1.807, 2.05) is 24.3 Å². The minimum Gasteiger partial charge on any atom is -0.444 e. The van der Waals surface area contributed by atoms with Gasteiger partial charge in [0.15, 0.2) is 0 Å². The number of rotatable bonds is 4. The number of hydrogen-bond acceptors (Lipinski definition) is 6. The molecule has 166 valence electrons. The summed E-state index contributed by atoms with van der Waals surface area (Å²) in [5.74, 6) is 0. The molecule has 32 heavy (non-hydrogen) atoms. The Morgan fingerprint density at radius 1 is 1.09 bits per heavy atom. The lowest BCUT2D eigenvalue weighted by molar-refractivity contribution is 0.136. The summed E-state index contributed by atoms with van der Waals surface area (Å²) in [7, 11) is -3.61. The number of ether oxygens (including phenoxy) is 1. The monoisotopic (exact) mass is 489 g/mol. The fourth-order valence-corrected chi connectivity index (χ4v) is 7.23. The molecule has 0 bridgehead atoms. The standard InChI is InChI=1S/C22H20ClN3O4S2/c23-16-4-5-19-15(13-16)14-30-22(27)26(19)17-8-11-25(12-9-17)32(28,29)21-7-6-20(31-21)18-3-1-2-10-24-18/h1-7,10,13,17H,8-9,11-12,14H2. The van der Waals surface area contributed by atoms with Gasteiger partial charge in [-0.05, 0) is 55.3 Å². The number of anilines is 1. The average Bonchev–Trinajstić information content (AvgIpc) is 3.31. The molecule has 0 radical (unpaired) electrons. The molecule has 1 fully saturated rings. The highest BCUT2D eigenvalue weighted by Crippen LogP contribution is 2.36. The molecule has 0 unspecified atom stereocenters. The first kappa shape index (κ1) is 21.4. The molecule has 3 aromatic rings. The Morgan fingerprint density at radius 3 is 2.66 bits per heavy atom. The zero-order valence-corrected chi connectivity index (χ0v) is 19.4. The van der Waals surface area contributed by atoms with Crippen molar-refractivity contribution in [2.75, 3.05) is 18.0 Å². The predicted octanol–water partition coefficient (Wildman–Crippen LogP) is 4.77. The van der Waals surface area contributed by atoms with Gasteiger partial charge in [0.2, 0.25) is 0 Å². The number of benzene rings is 1. The minimum atomic E-state index is -3.61. The molecule has 2 aliphatic rings. The Kier molecular flexibility index (Phi) is 5.66. The van der Waals surface area contributed by atoms with E-state index < -0.39 is 16.1 Å². The number of carbonyl (C=O) groups excluding carboxylic acids is 1. The number of fused-ring (bicyclic) bond motifs is 1. The zero-order valence-electron chi connectivity index (χ0n) is 17.0. The van der Waals surface area contributed by atoms with E-state index in [0.717, 1.165) is 21.8 Å². The second-order valence-electron chi connectivity index (χ2n) is 7.67. The van der Waals surface area contributed by atoms with Crippen molar-refractivity contribution in [3.63, 3.8) is 0 Å². The van der Waals surface area contributed by atoms with Crippen molar-refractivity contribution in [1.29, 1.82) is 0 Å². The number of cyclic esters (lactones) is 1. The summed E-state index contributed by atoms with van der Waals surface area (Å²) in [5.41, 5.74) is 2.39. The highest BCUT2D eigenvalue weighted by atomic mass is 35.5. The van der Waals surface area contributed by atoms with Gasteiger partial charge in [0, 0.05) is 35.9 Å². The lowest BCUT2D eigenvalue weighted by Crippen LogP contribution is -2.50. The van der Waals surface area contributed by atoms with Gasteiger partial charge in [-0.3, -0.25) is 9.88 Å². The summed E-state index contributed by atoms with van der Waals surface area (Å²) in [4.78, 5) is 19.3. The Hall–Kier alpha value is -2.46. The molecule has 1 amide bonds. The molecule has 0 aliphatic carbocycles. The lowest BCUT2D eigenvalue weighted by Gasteiger charge is -2.39. The first-order valence-electron chi connectivity index (χ1n) is 10.2. The van der Waals surface area contributed by atoms with Crippen LogP contribution in [0.3, 0.4) is 0 Å². The van der Waals surface area contributed by atoms with Gasteiger partial charge in [0.05, 0.1) is 16.3 Å². The van der Waals surface area contributed by atoms with Crippen LogP contribution in [0.2, 0.25) is 5.02 Å². The van der Waals surface area contributed by atoms with E-state index in [1.165, 1.54) is 15.6 Å². The molecule has 0 N–H and O–H groups in total. The van der Waals surface area contributed by atoms with Crippen molar-refractivity contribution in [2.24, 2.45) is 0 Å². The van der Waals surface area contributed by atoms with Gasteiger partial charge in [0.1, 0.15) is 10.8 Å². The van der Waals surface area contributed by atoms with Crippen LogP contribution < -0.4 is 4.90 Å². The number of sulfonamides is 1. The summed E-state index contributed by atoms with van der Waals surface area (Å²) in [6.45, 7) is 0.850. The molecule has 0 atom stereocenters. The molecule has 2 aromatic heterocycles. The summed E-state index contributed by atoms with van der Waals surface area (Å²) in [6, 6.07) is 14.2. The summed E-state index contributed by atoms with van der Waals surface area (Å²) in [6.07, 6.45) is 2.33. The fraction of sp³-hybridized carbons (Fsp3) is 0.273. The quantitative estimate of drug-likeness (QED) is 0.527. The SMILES string of the molecule is O=C1OCc2cc(Cl)ccc2N1C1CCN(S(=O)(=O)c2ccc(-c3ccccn3)s2)CC1. The molecule has 0 saturated carbocycles. The maximum atomic E-state index is 13.2. The number of nitrogens with zero attached hydrogens (tertiary/aromatic N) is 3. The number of thiophene rings is 1. The van der Waals surface area contributed by atoms with E-state index in [1.54, 1.807) is 35.4 Å². The number of halogens is 1. The van der Waals surface area contributed by atoms with Crippen LogP contribution in [-0.4, -0.2) is 42.9 Å². The van der Waals surface area contributed by atoms with Crippen LogP contribution in [0.15, 0.2) is 58.9 Å². The smallest absolute Gasteiger partial charge is 0.414 e. The predicted molar refractivity (Wildman–Crippen MR) is 123 cm³/mol. The van der Waals surface area contributed by atoms with Crippen molar-refractivity contribution in [3.8, 4) is 10.6 Å². The van der Waals surface area contributed by atoms with Gasteiger partial charge in [0.25, 0.3) is 10.0 Å². The second-order valence-corrected chi connectivity index (χ2v) is 11.4. The van der Waals surface area contributed by atoms with Gasteiger partial charge < -0.3 is 4.74 Å². The van der Waals surface area contributed by atoms with Gasteiger partial charge in [-0.25, -0.2) is 13.2 Å². The van der Waals surface area contributed by atoms with Crippen LogP contribution in [0.5, 0.6) is 0 Å². The molecule has 4 heterocycles. The Bertz CT molecular complexity index is 1260. The maximum Gasteiger partial charge on any atom is 0.414 e. The van der Waals surface area contributed by atoms with E-state index in [2.05, 4.69) is 4.98 Å². The van der Waals surface area contributed by atoms with Crippen LogP contribution in [0.25, 0.3) is 10.6 Å². The van der Waals surface area contributed by atoms with E-state index in [9.17, 15) is 13.2 Å². The van der Waals surface area contributed by atoms with Crippen LogP contribution in [0.1, 0.15) is 18.4 Å². The second kappa shape index (κ2) is 8.47. The number of hydrogen-bond donors (Lipinski definition) is 0.